The van der Waals surface area contributed by atoms with Crippen molar-refractivity contribution in [1.29, 1.82) is 0 Å². The largest absolute Gasteiger partial charge is 0.544 e. The smallest absolute Gasteiger partial charge is 0.288 e. The van der Waals surface area contributed by atoms with Gasteiger partial charge in [0.1, 0.15) is 17.0 Å². The number of benzene rings is 1. The van der Waals surface area contributed by atoms with Crippen molar-refractivity contribution >= 4 is 35.0 Å². The van der Waals surface area contributed by atoms with E-state index in [0.29, 0.717) is 11.3 Å². The summed E-state index contributed by atoms with van der Waals surface area (Å²) in [6.07, 6.45) is 0. The van der Waals surface area contributed by atoms with Crippen LogP contribution in [-0.2, 0) is 4.79 Å². The van der Waals surface area contributed by atoms with E-state index in [1.807, 2.05) is 0 Å². The molecule has 1 aliphatic heterocycles. The zero-order chi connectivity index (χ0) is 13.3. The van der Waals surface area contributed by atoms with Crippen LogP contribution >= 0.6 is 23.4 Å². The van der Waals surface area contributed by atoms with Gasteiger partial charge in [0.15, 0.2) is 5.37 Å². The number of carboxylic acids is 1. The molecule has 96 valence electrons. The second-order valence-electron chi connectivity index (χ2n) is 3.84. The van der Waals surface area contributed by atoms with Crippen LogP contribution in [0.15, 0.2) is 18.2 Å². The zero-order valence-corrected chi connectivity index (χ0v) is 10.6. The minimum Gasteiger partial charge on any atom is -0.544 e. The van der Waals surface area contributed by atoms with Gasteiger partial charge in [-0.05, 0) is 6.07 Å². The highest BCUT2D eigenvalue weighted by atomic mass is 35.5. The summed E-state index contributed by atoms with van der Waals surface area (Å²) in [6.45, 7) is 0. The molecule has 0 amide bonds. The Labute approximate surface area is 111 Å². The number of halogens is 1. The molecule has 1 heterocycles. The first kappa shape index (κ1) is 13.1. The molecule has 0 aromatic heterocycles. The Morgan fingerprint density at radius 2 is 2.28 bits per heavy atom. The molecular formula is C10H9ClN2O4S. The summed E-state index contributed by atoms with van der Waals surface area (Å²) < 4.78 is 0. The molecule has 2 atom stereocenters. The van der Waals surface area contributed by atoms with Gasteiger partial charge in [0.05, 0.1) is 10.7 Å². The fourth-order valence-electron chi connectivity index (χ4n) is 1.73. The van der Waals surface area contributed by atoms with E-state index in [1.54, 1.807) is 11.4 Å². The third kappa shape index (κ3) is 2.58. The second kappa shape index (κ2) is 5.13. The van der Waals surface area contributed by atoms with Gasteiger partial charge in [-0.15, -0.1) is 0 Å². The summed E-state index contributed by atoms with van der Waals surface area (Å²) >= 11 is 7.13. The van der Waals surface area contributed by atoms with Crippen LogP contribution in [0.25, 0.3) is 0 Å². The molecule has 2 rings (SSSR count). The number of rotatable bonds is 3. The Balaban J connectivity index is 2.22. The van der Waals surface area contributed by atoms with Crippen LogP contribution in [0.3, 0.4) is 0 Å². The Bertz CT molecular complexity index is 511. The maximum absolute atomic E-state index is 10.8. The molecule has 1 saturated heterocycles. The average molecular weight is 289 g/mol. The maximum atomic E-state index is 10.8. The van der Waals surface area contributed by atoms with Gasteiger partial charge in [-0.3, -0.25) is 10.1 Å². The van der Waals surface area contributed by atoms with E-state index in [1.165, 1.54) is 23.9 Å². The van der Waals surface area contributed by atoms with Crippen LogP contribution in [-0.4, -0.2) is 22.7 Å². The van der Waals surface area contributed by atoms with Crippen molar-refractivity contribution in [3.8, 4) is 0 Å². The number of hydrogen-bond donors (Lipinski definition) is 1. The van der Waals surface area contributed by atoms with E-state index in [-0.39, 0.29) is 16.1 Å². The van der Waals surface area contributed by atoms with Crippen molar-refractivity contribution in [1.82, 2.24) is 0 Å². The Morgan fingerprint density at radius 3 is 2.83 bits per heavy atom. The highest BCUT2D eigenvalue weighted by Gasteiger charge is 2.32. The van der Waals surface area contributed by atoms with E-state index in [2.05, 4.69) is 0 Å². The van der Waals surface area contributed by atoms with E-state index < -0.39 is 16.9 Å². The number of nitrogens with two attached hydrogens (primary N) is 1. The van der Waals surface area contributed by atoms with Gasteiger partial charge in [-0.25, -0.2) is 0 Å². The van der Waals surface area contributed by atoms with Crippen LogP contribution in [0.5, 0.6) is 0 Å². The molecule has 0 spiro atoms. The minimum absolute atomic E-state index is 0.0724. The van der Waals surface area contributed by atoms with E-state index >= 15 is 0 Å². The number of hydrogen-bond acceptors (Lipinski definition) is 5. The Morgan fingerprint density at radius 1 is 1.56 bits per heavy atom. The van der Waals surface area contributed by atoms with E-state index in [9.17, 15) is 20.0 Å². The lowest BCUT2D eigenvalue weighted by atomic mass is 10.2. The zero-order valence-electron chi connectivity index (χ0n) is 9.04. The van der Waals surface area contributed by atoms with E-state index in [4.69, 9.17) is 11.6 Å². The monoisotopic (exact) mass is 288 g/mol. The van der Waals surface area contributed by atoms with Crippen molar-refractivity contribution in [2.24, 2.45) is 0 Å². The second-order valence-corrected chi connectivity index (χ2v) is 5.42. The normalized spacial score (nSPS) is 22.9. The fourth-order valence-corrected chi connectivity index (χ4v) is 3.22. The molecule has 0 saturated carbocycles. The summed E-state index contributed by atoms with van der Waals surface area (Å²) in [5.74, 6) is -0.697. The van der Waals surface area contributed by atoms with Crippen LogP contribution in [0.4, 0.5) is 5.69 Å². The molecule has 6 nitrogen and oxygen atoms in total. The molecule has 8 heteroatoms. The number of nitrogens with zero attached hydrogens (tertiary/aromatic N) is 1. The quantitative estimate of drug-likeness (QED) is 0.607. The van der Waals surface area contributed by atoms with E-state index in [0.717, 1.165) is 0 Å². The van der Waals surface area contributed by atoms with Gasteiger partial charge in [-0.2, -0.15) is 0 Å². The van der Waals surface area contributed by atoms with Gasteiger partial charge in [-0.1, -0.05) is 29.4 Å². The number of thioether (sulfide) groups is 1. The molecule has 0 unspecified atom stereocenters. The molecule has 2 N–H and O–H groups in total. The fraction of sp³-hybridized carbons (Fsp3) is 0.300. The summed E-state index contributed by atoms with van der Waals surface area (Å²) in [4.78, 5) is 20.9. The lowest BCUT2D eigenvalue weighted by Gasteiger charge is -2.11. The predicted octanol–water partition coefficient (Wildman–Crippen LogP) is -0.325. The highest BCUT2D eigenvalue weighted by Crippen LogP contribution is 2.32. The summed E-state index contributed by atoms with van der Waals surface area (Å²) in [5, 5.41) is 23.0. The third-order valence-electron chi connectivity index (χ3n) is 2.66. The maximum Gasteiger partial charge on any atom is 0.288 e. The predicted molar refractivity (Wildman–Crippen MR) is 64.0 cm³/mol. The molecule has 18 heavy (non-hydrogen) atoms. The lowest BCUT2D eigenvalue weighted by Crippen LogP contribution is -2.90. The van der Waals surface area contributed by atoms with Gasteiger partial charge in [0, 0.05) is 11.6 Å². The Hall–Kier alpha value is -1.31. The number of aliphatic carboxylic acids is 1. The molecule has 0 radical (unpaired) electrons. The topological polar surface area (TPSA) is 99.9 Å². The average Bonchev–Trinajstić information content (AvgIpc) is 2.78. The molecule has 1 aromatic carbocycles. The number of carbonyl (C=O) groups excluding carboxylic acids is 1. The molecule has 1 fully saturated rings. The number of nitro benzene ring substituents is 1. The van der Waals surface area contributed by atoms with Crippen molar-refractivity contribution < 1.29 is 20.1 Å². The van der Waals surface area contributed by atoms with Crippen LogP contribution < -0.4 is 10.4 Å². The van der Waals surface area contributed by atoms with Gasteiger partial charge in [0.2, 0.25) is 0 Å². The molecule has 1 aromatic rings. The first-order chi connectivity index (χ1) is 8.49. The summed E-state index contributed by atoms with van der Waals surface area (Å²) in [5.41, 5.74) is 0.514. The Kier molecular flexibility index (Phi) is 3.74. The number of carboxylic acid groups (broad SMARTS) is 1. The van der Waals surface area contributed by atoms with Crippen molar-refractivity contribution in [2.75, 3.05) is 5.75 Å². The minimum atomic E-state index is -1.12. The van der Waals surface area contributed by atoms with Gasteiger partial charge in [0.25, 0.3) is 5.69 Å². The highest BCUT2D eigenvalue weighted by molar-refractivity contribution is 7.99. The third-order valence-corrected chi connectivity index (χ3v) is 4.32. The number of nitro groups is 1. The standard InChI is InChI=1S/C10H9ClN2O4S/c11-6-2-1-5(3-8(6)13(16)17)9-12-7(4-18-9)10(14)15/h1-3,7,9,12H,4H2,(H,14,15)/t7-,9-/m1/s1. The first-order valence-corrected chi connectivity index (χ1v) is 6.53. The summed E-state index contributed by atoms with van der Waals surface area (Å²) in [7, 11) is 0. The summed E-state index contributed by atoms with van der Waals surface area (Å²) in [6, 6.07) is 3.89. The number of quaternary nitrogens is 1. The van der Waals surface area contributed by atoms with Crippen LogP contribution in [0.1, 0.15) is 10.9 Å². The van der Waals surface area contributed by atoms with Crippen molar-refractivity contribution in [3.63, 3.8) is 0 Å². The molecular weight excluding hydrogens is 280 g/mol. The van der Waals surface area contributed by atoms with Crippen LogP contribution in [0.2, 0.25) is 5.02 Å². The number of carbonyl (C=O) groups is 1. The first-order valence-electron chi connectivity index (χ1n) is 5.10. The van der Waals surface area contributed by atoms with Crippen molar-refractivity contribution in [2.45, 2.75) is 11.4 Å². The SMILES string of the molecule is O=C([O-])[C@H]1CS[C@H](c2ccc(Cl)c([N+](=O)[O-])c2)[NH2+]1. The molecule has 1 aliphatic rings. The van der Waals surface area contributed by atoms with Crippen molar-refractivity contribution in [3.05, 3.63) is 38.9 Å². The van der Waals surface area contributed by atoms with Gasteiger partial charge >= 0.3 is 0 Å². The van der Waals surface area contributed by atoms with Crippen LogP contribution in [0, 0.1) is 10.1 Å². The molecule has 0 aliphatic carbocycles. The van der Waals surface area contributed by atoms with Gasteiger partial charge < -0.3 is 15.2 Å². The lowest BCUT2D eigenvalue weighted by molar-refractivity contribution is -0.690. The molecule has 0 bridgehead atoms.